The van der Waals surface area contributed by atoms with Gasteiger partial charge in [-0.15, -0.1) is 0 Å². The summed E-state index contributed by atoms with van der Waals surface area (Å²) in [5.74, 6) is 3.80. The van der Waals surface area contributed by atoms with Crippen molar-refractivity contribution in [1.82, 2.24) is 9.97 Å². The van der Waals surface area contributed by atoms with E-state index >= 15 is 0 Å². The summed E-state index contributed by atoms with van der Waals surface area (Å²) in [6.45, 7) is 5.37. The zero-order valence-corrected chi connectivity index (χ0v) is 14.0. The van der Waals surface area contributed by atoms with E-state index < -0.39 is 5.60 Å². The van der Waals surface area contributed by atoms with Crippen LogP contribution < -0.4 is 10.6 Å². The van der Waals surface area contributed by atoms with Crippen LogP contribution in [0.2, 0.25) is 0 Å². The van der Waals surface area contributed by atoms with Gasteiger partial charge in [-0.2, -0.15) is 11.8 Å². The number of aromatic nitrogens is 2. The van der Waals surface area contributed by atoms with Gasteiger partial charge in [0.1, 0.15) is 17.5 Å². The van der Waals surface area contributed by atoms with E-state index in [-0.39, 0.29) is 0 Å². The molecule has 0 saturated heterocycles. The first-order valence-electron chi connectivity index (χ1n) is 7.62. The number of rotatable bonds is 9. The molecule has 0 amide bonds. The Morgan fingerprint density at radius 2 is 2.00 bits per heavy atom. The largest absolute Gasteiger partial charge is 0.387 e. The first kappa shape index (κ1) is 16.4. The van der Waals surface area contributed by atoms with Gasteiger partial charge >= 0.3 is 0 Å². The van der Waals surface area contributed by atoms with Gasteiger partial charge in [0.2, 0.25) is 0 Å². The van der Waals surface area contributed by atoms with Gasteiger partial charge in [0.05, 0.1) is 5.60 Å². The third kappa shape index (κ3) is 5.36. The Hall–Kier alpha value is -1.01. The summed E-state index contributed by atoms with van der Waals surface area (Å²) >= 11 is 1.64. The van der Waals surface area contributed by atoms with Crippen LogP contribution in [0, 0.1) is 0 Å². The van der Waals surface area contributed by atoms with Crippen LogP contribution in [0.3, 0.4) is 0 Å². The molecule has 1 saturated carbocycles. The van der Waals surface area contributed by atoms with E-state index in [4.69, 9.17) is 0 Å². The van der Waals surface area contributed by atoms with Crippen LogP contribution >= 0.6 is 11.8 Å². The van der Waals surface area contributed by atoms with Crippen molar-refractivity contribution in [1.29, 1.82) is 0 Å². The Labute approximate surface area is 131 Å². The lowest BCUT2D eigenvalue weighted by atomic mass is 10.1. The van der Waals surface area contributed by atoms with E-state index in [0.717, 1.165) is 30.4 Å². The summed E-state index contributed by atoms with van der Waals surface area (Å²) in [7, 11) is 0. The number of anilines is 2. The third-order valence-electron chi connectivity index (χ3n) is 3.35. The molecular weight excluding hydrogens is 284 g/mol. The molecule has 6 heteroatoms. The molecule has 1 fully saturated rings. The van der Waals surface area contributed by atoms with Crippen LogP contribution in [0.25, 0.3) is 0 Å². The van der Waals surface area contributed by atoms with Gasteiger partial charge in [0, 0.05) is 30.8 Å². The number of aliphatic hydroxyl groups is 1. The molecule has 1 aliphatic carbocycles. The molecule has 118 valence electrons. The highest BCUT2D eigenvalue weighted by Crippen LogP contribution is 2.38. The van der Waals surface area contributed by atoms with Gasteiger partial charge in [-0.1, -0.05) is 6.92 Å². The van der Waals surface area contributed by atoms with Crippen LogP contribution in [0.1, 0.15) is 44.9 Å². The highest BCUT2D eigenvalue weighted by Gasteiger charge is 2.27. The fraction of sp³-hybridized carbons (Fsp3) is 0.733. The number of hydrogen-bond donors (Lipinski definition) is 3. The number of nitrogens with zero attached hydrogens (tertiary/aromatic N) is 2. The third-order valence-corrected chi connectivity index (χ3v) is 4.26. The fourth-order valence-electron chi connectivity index (χ4n) is 2.07. The summed E-state index contributed by atoms with van der Waals surface area (Å²) in [6, 6.07) is 1.93. The second-order valence-electron chi connectivity index (χ2n) is 5.98. The zero-order valence-electron chi connectivity index (χ0n) is 13.1. The minimum atomic E-state index is -0.735. The maximum Gasteiger partial charge on any atom is 0.136 e. The topological polar surface area (TPSA) is 70.1 Å². The summed E-state index contributed by atoms with van der Waals surface area (Å²) in [5.41, 5.74) is -0.735. The lowest BCUT2D eigenvalue weighted by Gasteiger charge is -2.23. The Kier molecular flexibility index (Phi) is 5.70. The van der Waals surface area contributed by atoms with Gasteiger partial charge in [0.25, 0.3) is 0 Å². The van der Waals surface area contributed by atoms with E-state index in [1.54, 1.807) is 11.8 Å². The highest BCUT2D eigenvalue weighted by molar-refractivity contribution is 7.98. The van der Waals surface area contributed by atoms with Crippen LogP contribution in [0.15, 0.2) is 6.07 Å². The fourth-order valence-corrected chi connectivity index (χ4v) is 2.79. The molecule has 21 heavy (non-hydrogen) atoms. The molecule has 1 aromatic rings. The molecule has 2 rings (SSSR count). The van der Waals surface area contributed by atoms with Crippen molar-refractivity contribution in [2.75, 3.05) is 35.7 Å². The van der Waals surface area contributed by atoms with Crippen molar-refractivity contribution in [3.05, 3.63) is 11.9 Å². The predicted molar refractivity (Wildman–Crippen MR) is 90.3 cm³/mol. The smallest absolute Gasteiger partial charge is 0.136 e. The predicted octanol–water partition coefficient (Wildman–Crippen LogP) is 2.70. The Morgan fingerprint density at radius 1 is 1.33 bits per heavy atom. The molecule has 1 atom stereocenters. The average Bonchev–Trinajstić information content (AvgIpc) is 3.27. The van der Waals surface area contributed by atoms with E-state index in [1.807, 2.05) is 19.2 Å². The first-order valence-corrected chi connectivity index (χ1v) is 9.01. The van der Waals surface area contributed by atoms with E-state index in [2.05, 4.69) is 27.5 Å². The molecule has 5 nitrogen and oxygen atoms in total. The molecule has 0 bridgehead atoms. The van der Waals surface area contributed by atoms with E-state index in [0.29, 0.717) is 18.2 Å². The van der Waals surface area contributed by atoms with Crippen LogP contribution in [-0.4, -0.2) is 45.8 Å². The molecule has 1 aliphatic rings. The molecule has 0 aromatic carbocycles. The minimum Gasteiger partial charge on any atom is -0.387 e. The summed E-state index contributed by atoms with van der Waals surface area (Å²) in [4.78, 5) is 9.17. The Morgan fingerprint density at radius 3 is 2.57 bits per heavy atom. The van der Waals surface area contributed by atoms with Gasteiger partial charge < -0.3 is 15.7 Å². The van der Waals surface area contributed by atoms with E-state index in [1.165, 1.54) is 12.8 Å². The van der Waals surface area contributed by atoms with Crippen molar-refractivity contribution in [2.24, 2.45) is 0 Å². The SMILES string of the molecule is CCCNc1cc(NCC(C)(O)CSC)nc(C2CC2)n1. The average molecular weight is 310 g/mol. The number of hydrogen-bond acceptors (Lipinski definition) is 6. The number of nitrogens with one attached hydrogen (secondary N) is 2. The monoisotopic (exact) mass is 310 g/mol. The number of thioether (sulfide) groups is 1. The molecule has 0 aliphatic heterocycles. The van der Waals surface area contributed by atoms with Crippen molar-refractivity contribution in [3.8, 4) is 0 Å². The zero-order chi connectivity index (χ0) is 15.3. The highest BCUT2D eigenvalue weighted by atomic mass is 32.2. The standard InChI is InChI=1S/C15H26N4OS/c1-4-7-16-12-8-13(17-9-15(2,20)10-21-3)19-14(18-12)11-5-6-11/h8,11,20H,4-7,9-10H2,1-3H3,(H2,16,17,18,19). The molecule has 1 heterocycles. The summed E-state index contributed by atoms with van der Waals surface area (Å²) < 4.78 is 0. The van der Waals surface area contributed by atoms with E-state index in [9.17, 15) is 5.11 Å². The molecular formula is C15H26N4OS. The Balaban J connectivity index is 2.04. The van der Waals surface area contributed by atoms with Gasteiger partial charge in [-0.05, 0) is 32.4 Å². The van der Waals surface area contributed by atoms with Crippen molar-refractivity contribution in [2.45, 2.75) is 44.6 Å². The molecule has 0 radical (unpaired) electrons. The molecule has 3 N–H and O–H groups in total. The Bertz CT molecular complexity index is 463. The maximum atomic E-state index is 10.2. The molecule has 1 aromatic heterocycles. The quantitative estimate of drug-likeness (QED) is 0.651. The maximum absolute atomic E-state index is 10.2. The lowest BCUT2D eigenvalue weighted by molar-refractivity contribution is 0.0996. The normalized spacial score (nSPS) is 17.3. The van der Waals surface area contributed by atoms with Crippen molar-refractivity contribution in [3.63, 3.8) is 0 Å². The summed E-state index contributed by atoms with van der Waals surface area (Å²) in [5, 5.41) is 16.8. The minimum absolute atomic E-state index is 0.488. The van der Waals surface area contributed by atoms with Gasteiger partial charge in [-0.3, -0.25) is 0 Å². The van der Waals surface area contributed by atoms with Crippen LogP contribution in [0.4, 0.5) is 11.6 Å². The van der Waals surface area contributed by atoms with Crippen molar-refractivity contribution >= 4 is 23.4 Å². The summed E-state index contributed by atoms with van der Waals surface area (Å²) in [6.07, 6.45) is 5.42. The van der Waals surface area contributed by atoms with Crippen LogP contribution in [-0.2, 0) is 0 Å². The van der Waals surface area contributed by atoms with Crippen LogP contribution in [0.5, 0.6) is 0 Å². The first-order chi connectivity index (χ1) is 10.0. The lowest BCUT2D eigenvalue weighted by Crippen LogP contribution is -2.36. The van der Waals surface area contributed by atoms with Gasteiger partial charge in [0.15, 0.2) is 0 Å². The van der Waals surface area contributed by atoms with Crippen molar-refractivity contribution < 1.29 is 5.11 Å². The second kappa shape index (κ2) is 7.31. The van der Waals surface area contributed by atoms with Gasteiger partial charge in [-0.25, -0.2) is 9.97 Å². The molecule has 1 unspecified atom stereocenters. The second-order valence-corrected chi connectivity index (χ2v) is 6.85. The molecule has 0 spiro atoms.